The lowest BCUT2D eigenvalue weighted by atomic mass is 10.0. The summed E-state index contributed by atoms with van der Waals surface area (Å²) < 4.78 is 31.3. The molecule has 0 amide bonds. The number of hydrogen-bond donors (Lipinski definition) is 2. The summed E-state index contributed by atoms with van der Waals surface area (Å²) in [4.78, 5) is 14.5. The van der Waals surface area contributed by atoms with Gasteiger partial charge in [0.2, 0.25) is 0 Å². The molecule has 1 saturated heterocycles. The van der Waals surface area contributed by atoms with E-state index in [-0.39, 0.29) is 37.7 Å². The molecule has 1 saturated carbocycles. The van der Waals surface area contributed by atoms with Crippen LogP contribution in [0.15, 0.2) is 16.9 Å². The van der Waals surface area contributed by atoms with Crippen LogP contribution in [-0.4, -0.2) is 29.9 Å². The monoisotopic (exact) mass is 362 g/mol. The third kappa shape index (κ3) is 2.61. The Kier molecular flexibility index (Phi) is 4.04. The average Bonchev–Trinajstić information content (AvgIpc) is 3.37. The van der Waals surface area contributed by atoms with Crippen molar-refractivity contribution < 1.29 is 8.78 Å². The Hall–Kier alpha value is -1.99. The largest absolute Gasteiger partial charge is 0.366 e. The average molecular weight is 362 g/mol. The van der Waals surface area contributed by atoms with E-state index in [0.717, 1.165) is 18.4 Å². The van der Waals surface area contributed by atoms with Gasteiger partial charge in [-0.05, 0) is 37.5 Å². The third-order valence-corrected chi connectivity index (χ3v) is 5.67. The Morgan fingerprint density at radius 3 is 2.62 bits per heavy atom. The molecule has 4 N–H and O–H groups in total. The van der Waals surface area contributed by atoms with E-state index in [9.17, 15) is 13.6 Å². The Morgan fingerprint density at radius 2 is 2.04 bits per heavy atom. The predicted molar refractivity (Wildman–Crippen MR) is 98.8 cm³/mol. The second-order valence-corrected chi connectivity index (χ2v) is 7.58. The Labute approximate surface area is 150 Å². The SMILES string of the molecule is Cc1c(N2CCC(F)(CN)C2)c(F)cc2cc(CN)c(=O)n(C3CC3)c12. The molecule has 0 radical (unpaired) electrons. The first-order chi connectivity index (χ1) is 12.4. The van der Waals surface area contributed by atoms with Crippen LogP contribution < -0.4 is 21.9 Å². The number of fused-ring (bicyclic) bond motifs is 1. The smallest absolute Gasteiger partial charge is 0.255 e. The number of nitrogens with zero attached hydrogens (tertiary/aromatic N) is 2. The van der Waals surface area contributed by atoms with Gasteiger partial charge < -0.3 is 20.9 Å². The lowest BCUT2D eigenvalue weighted by Crippen LogP contribution is -2.36. The van der Waals surface area contributed by atoms with Crippen LogP contribution in [-0.2, 0) is 6.54 Å². The van der Waals surface area contributed by atoms with Crippen LogP contribution in [0.25, 0.3) is 10.9 Å². The van der Waals surface area contributed by atoms with Crippen molar-refractivity contribution in [2.75, 3.05) is 24.5 Å². The van der Waals surface area contributed by atoms with E-state index in [2.05, 4.69) is 0 Å². The van der Waals surface area contributed by atoms with Crippen molar-refractivity contribution in [3.8, 4) is 0 Å². The van der Waals surface area contributed by atoms with E-state index in [4.69, 9.17) is 11.5 Å². The van der Waals surface area contributed by atoms with E-state index >= 15 is 0 Å². The van der Waals surface area contributed by atoms with E-state index in [1.54, 1.807) is 15.5 Å². The first-order valence-corrected chi connectivity index (χ1v) is 9.10. The molecular formula is C19H24F2N4O. The fraction of sp³-hybridized carbons (Fsp3) is 0.526. The Morgan fingerprint density at radius 1 is 1.31 bits per heavy atom. The molecule has 26 heavy (non-hydrogen) atoms. The van der Waals surface area contributed by atoms with Crippen molar-refractivity contribution in [1.29, 1.82) is 0 Å². The minimum atomic E-state index is -1.49. The molecule has 4 rings (SSSR count). The summed E-state index contributed by atoms with van der Waals surface area (Å²) in [6.07, 6.45) is 2.14. The number of alkyl halides is 1. The quantitative estimate of drug-likeness (QED) is 0.873. The molecule has 1 aliphatic heterocycles. The van der Waals surface area contributed by atoms with Gasteiger partial charge in [0, 0.05) is 43.0 Å². The fourth-order valence-electron chi connectivity index (χ4n) is 4.13. The normalized spacial score (nSPS) is 23.2. The van der Waals surface area contributed by atoms with E-state index in [1.807, 2.05) is 6.92 Å². The molecular weight excluding hydrogens is 338 g/mol. The van der Waals surface area contributed by atoms with Crippen molar-refractivity contribution in [3.05, 3.63) is 39.4 Å². The van der Waals surface area contributed by atoms with Gasteiger partial charge in [0.1, 0.15) is 11.5 Å². The fourth-order valence-corrected chi connectivity index (χ4v) is 4.13. The van der Waals surface area contributed by atoms with Gasteiger partial charge >= 0.3 is 0 Å². The molecule has 1 atom stereocenters. The number of pyridine rings is 1. The van der Waals surface area contributed by atoms with Crippen LogP contribution in [0, 0.1) is 12.7 Å². The number of aromatic nitrogens is 1. The molecule has 1 aromatic carbocycles. The predicted octanol–water partition coefficient (Wildman–Crippen LogP) is 2.12. The van der Waals surface area contributed by atoms with Crippen LogP contribution in [0.3, 0.4) is 0 Å². The highest BCUT2D eigenvalue weighted by Gasteiger charge is 2.39. The van der Waals surface area contributed by atoms with Crippen LogP contribution in [0.2, 0.25) is 0 Å². The van der Waals surface area contributed by atoms with Crippen molar-refractivity contribution in [3.63, 3.8) is 0 Å². The Balaban J connectivity index is 1.94. The lowest BCUT2D eigenvalue weighted by molar-refractivity contribution is 0.204. The summed E-state index contributed by atoms with van der Waals surface area (Å²) in [5.74, 6) is -0.403. The lowest BCUT2D eigenvalue weighted by Gasteiger charge is -2.25. The highest BCUT2D eigenvalue weighted by molar-refractivity contribution is 5.88. The summed E-state index contributed by atoms with van der Waals surface area (Å²) in [7, 11) is 0. The standard InChI is InChI=1S/C19H24F2N4O/c1-11-16-12(6-13(8-22)18(26)25(16)14-2-3-14)7-15(20)17(11)24-5-4-19(21,9-23)10-24/h6-7,14H,2-5,8-10,22-23H2,1H3. The van der Waals surface area contributed by atoms with Gasteiger partial charge in [-0.1, -0.05) is 0 Å². The maximum atomic E-state index is 15.0. The van der Waals surface area contributed by atoms with E-state index in [0.29, 0.717) is 28.7 Å². The van der Waals surface area contributed by atoms with E-state index < -0.39 is 11.5 Å². The van der Waals surface area contributed by atoms with Crippen LogP contribution in [0.5, 0.6) is 0 Å². The number of nitrogens with two attached hydrogens (primary N) is 2. The second kappa shape index (κ2) is 6.03. The van der Waals surface area contributed by atoms with Gasteiger partial charge in [-0.25, -0.2) is 8.78 Å². The number of benzene rings is 1. The van der Waals surface area contributed by atoms with Gasteiger partial charge in [-0.3, -0.25) is 4.79 Å². The van der Waals surface area contributed by atoms with Crippen molar-refractivity contribution in [2.45, 2.75) is 44.4 Å². The van der Waals surface area contributed by atoms with Gasteiger partial charge in [0.25, 0.3) is 5.56 Å². The van der Waals surface area contributed by atoms with Crippen molar-refractivity contribution in [2.24, 2.45) is 11.5 Å². The minimum absolute atomic E-state index is 0.0707. The van der Waals surface area contributed by atoms with Crippen LogP contribution >= 0.6 is 0 Å². The molecule has 2 aromatic rings. The van der Waals surface area contributed by atoms with Gasteiger partial charge in [-0.15, -0.1) is 0 Å². The number of rotatable bonds is 4. The zero-order valence-corrected chi connectivity index (χ0v) is 14.9. The summed E-state index contributed by atoms with van der Waals surface area (Å²) in [6, 6.07) is 3.26. The number of aryl methyl sites for hydroxylation is 1. The van der Waals surface area contributed by atoms with Gasteiger partial charge in [0.05, 0.1) is 17.7 Å². The number of hydrogen-bond acceptors (Lipinski definition) is 4. The first-order valence-electron chi connectivity index (χ1n) is 9.10. The highest BCUT2D eigenvalue weighted by atomic mass is 19.1. The van der Waals surface area contributed by atoms with Gasteiger partial charge in [0.15, 0.2) is 0 Å². The molecule has 0 spiro atoms. The third-order valence-electron chi connectivity index (χ3n) is 5.67. The van der Waals surface area contributed by atoms with Crippen LogP contribution in [0.1, 0.15) is 36.4 Å². The summed E-state index contributed by atoms with van der Waals surface area (Å²) in [5.41, 5.74) is 11.9. The second-order valence-electron chi connectivity index (χ2n) is 7.58. The highest BCUT2D eigenvalue weighted by Crippen LogP contribution is 2.40. The zero-order valence-electron chi connectivity index (χ0n) is 14.9. The molecule has 0 bridgehead atoms. The van der Waals surface area contributed by atoms with Crippen molar-refractivity contribution >= 4 is 16.6 Å². The van der Waals surface area contributed by atoms with Crippen molar-refractivity contribution in [1.82, 2.24) is 4.57 Å². The zero-order chi connectivity index (χ0) is 18.6. The number of anilines is 1. The molecule has 2 fully saturated rings. The summed E-state index contributed by atoms with van der Waals surface area (Å²) in [6.45, 7) is 2.33. The maximum absolute atomic E-state index is 15.0. The molecule has 5 nitrogen and oxygen atoms in total. The number of halogens is 2. The van der Waals surface area contributed by atoms with Gasteiger partial charge in [-0.2, -0.15) is 0 Å². The molecule has 1 unspecified atom stereocenters. The minimum Gasteiger partial charge on any atom is -0.366 e. The molecule has 140 valence electrons. The molecule has 2 heterocycles. The first kappa shape index (κ1) is 17.4. The molecule has 1 aromatic heterocycles. The topological polar surface area (TPSA) is 77.3 Å². The Bertz CT molecular complexity index is 938. The van der Waals surface area contributed by atoms with Crippen LogP contribution in [0.4, 0.5) is 14.5 Å². The van der Waals surface area contributed by atoms with E-state index in [1.165, 1.54) is 6.07 Å². The maximum Gasteiger partial charge on any atom is 0.255 e. The molecule has 1 aliphatic carbocycles. The summed E-state index contributed by atoms with van der Waals surface area (Å²) in [5, 5.41) is 0.667. The molecule has 2 aliphatic rings. The molecule has 7 heteroatoms. The summed E-state index contributed by atoms with van der Waals surface area (Å²) >= 11 is 0.